The van der Waals surface area contributed by atoms with Gasteiger partial charge in [-0.2, -0.15) is 0 Å². The van der Waals surface area contributed by atoms with Crippen LogP contribution in [0.4, 0.5) is 5.69 Å². The number of ether oxygens (including phenoxy) is 1. The molecule has 2 aromatic carbocycles. The summed E-state index contributed by atoms with van der Waals surface area (Å²) in [6, 6.07) is 20.3. The van der Waals surface area contributed by atoms with Crippen molar-refractivity contribution in [3.63, 3.8) is 0 Å². The second-order valence-electron chi connectivity index (χ2n) is 7.85. The van der Waals surface area contributed by atoms with Crippen molar-refractivity contribution < 1.29 is 9.53 Å². The number of benzene rings is 2. The fourth-order valence-electron chi connectivity index (χ4n) is 3.42. The molecule has 1 N–H and O–H groups in total. The number of carbonyl (C=O) groups excluding carboxylic acids is 1. The quantitative estimate of drug-likeness (QED) is 0.201. The maximum absolute atomic E-state index is 12.8. The van der Waals surface area contributed by atoms with Gasteiger partial charge < -0.3 is 10.1 Å². The summed E-state index contributed by atoms with van der Waals surface area (Å²) < 4.78 is 6.25. The Morgan fingerprint density at radius 3 is 2.41 bits per heavy atom. The van der Waals surface area contributed by atoms with Crippen LogP contribution in [0.15, 0.2) is 70.6 Å². The molecule has 3 rings (SSSR count). The molecule has 0 saturated carbocycles. The standard InChI is InChI=1S/C27H32N2O2S3/c1-5-9-25(34-18-21-10-7-6-8-11-21)31-22-14-12-20(13-15-22)17-24(30)29-26-23(32-3)16-19(2)28-27(26)33-4/h6-8,10-16,25H,5,9,17-18H2,1-4H3,(H,29,30). The van der Waals surface area contributed by atoms with Gasteiger partial charge in [-0.1, -0.05) is 55.8 Å². The molecule has 0 fully saturated rings. The molecule has 1 atom stereocenters. The van der Waals surface area contributed by atoms with Crippen molar-refractivity contribution in [2.45, 2.75) is 54.2 Å². The Morgan fingerprint density at radius 1 is 1.03 bits per heavy atom. The summed E-state index contributed by atoms with van der Waals surface area (Å²) in [5.74, 6) is 1.71. The molecular weight excluding hydrogens is 481 g/mol. The van der Waals surface area contributed by atoms with Gasteiger partial charge in [0.2, 0.25) is 5.91 Å². The number of pyridine rings is 1. The summed E-state index contributed by atoms with van der Waals surface area (Å²) in [5, 5.41) is 3.92. The molecule has 0 bridgehead atoms. The number of hydrogen-bond donors (Lipinski definition) is 1. The van der Waals surface area contributed by atoms with Crippen LogP contribution in [0.1, 0.15) is 36.6 Å². The molecule has 3 aromatic rings. The number of rotatable bonds is 12. The van der Waals surface area contributed by atoms with Crippen molar-refractivity contribution in [2.24, 2.45) is 0 Å². The number of nitrogens with one attached hydrogen (secondary N) is 1. The summed E-state index contributed by atoms with van der Waals surface area (Å²) in [7, 11) is 0. The Balaban J connectivity index is 1.59. The molecule has 7 heteroatoms. The molecule has 180 valence electrons. The number of anilines is 1. The third-order valence-corrected chi connectivity index (χ3v) is 7.76. The SMILES string of the molecule is CCCC(Oc1ccc(CC(=O)Nc2c(SC)cc(C)nc2SC)cc1)SCc1ccccc1. The van der Waals surface area contributed by atoms with E-state index in [-0.39, 0.29) is 11.3 Å². The van der Waals surface area contributed by atoms with Gasteiger partial charge in [0.15, 0.2) is 0 Å². The fraction of sp³-hybridized carbons (Fsp3) is 0.333. The maximum atomic E-state index is 12.8. The molecular formula is C27H32N2O2S3. The minimum atomic E-state index is -0.0489. The van der Waals surface area contributed by atoms with E-state index >= 15 is 0 Å². The predicted molar refractivity (Wildman–Crippen MR) is 148 cm³/mol. The second kappa shape index (κ2) is 13.7. The van der Waals surface area contributed by atoms with Crippen LogP contribution in [-0.4, -0.2) is 28.8 Å². The van der Waals surface area contributed by atoms with Crippen LogP contribution in [0.3, 0.4) is 0 Å². The lowest BCUT2D eigenvalue weighted by Crippen LogP contribution is -2.16. The first-order chi connectivity index (χ1) is 16.5. The van der Waals surface area contributed by atoms with Gasteiger partial charge in [-0.25, -0.2) is 4.98 Å². The molecule has 4 nitrogen and oxygen atoms in total. The Hall–Kier alpha value is -2.09. The predicted octanol–water partition coefficient (Wildman–Crippen LogP) is 7.45. The zero-order chi connectivity index (χ0) is 24.3. The Kier molecular flexibility index (Phi) is 10.7. The first kappa shape index (κ1) is 26.5. The number of carbonyl (C=O) groups is 1. The van der Waals surface area contributed by atoms with Crippen molar-refractivity contribution in [1.29, 1.82) is 0 Å². The molecule has 0 aliphatic carbocycles. The summed E-state index contributed by atoms with van der Waals surface area (Å²) in [6.45, 7) is 4.15. The smallest absolute Gasteiger partial charge is 0.228 e. The highest BCUT2D eigenvalue weighted by atomic mass is 32.2. The number of thioether (sulfide) groups is 3. The first-order valence-electron chi connectivity index (χ1n) is 11.3. The monoisotopic (exact) mass is 512 g/mol. The third kappa shape index (κ3) is 8.00. The number of hydrogen-bond acceptors (Lipinski definition) is 6. The first-order valence-corrected chi connectivity index (χ1v) is 14.8. The molecule has 1 aromatic heterocycles. The molecule has 34 heavy (non-hydrogen) atoms. The largest absolute Gasteiger partial charge is 0.480 e. The van der Waals surface area contributed by atoms with E-state index in [1.807, 2.05) is 67.6 Å². The molecule has 0 spiro atoms. The summed E-state index contributed by atoms with van der Waals surface area (Å²) >= 11 is 4.98. The van der Waals surface area contributed by atoms with Crippen molar-refractivity contribution >= 4 is 46.9 Å². The van der Waals surface area contributed by atoms with E-state index in [0.29, 0.717) is 6.42 Å². The molecule has 0 saturated heterocycles. The molecule has 0 radical (unpaired) electrons. The van der Waals surface area contributed by atoms with Gasteiger partial charge in [-0.15, -0.1) is 35.3 Å². The minimum absolute atomic E-state index is 0.0489. The fourth-order valence-corrected chi connectivity index (χ4v) is 5.88. The van der Waals surface area contributed by atoms with E-state index in [0.717, 1.165) is 51.2 Å². The van der Waals surface area contributed by atoms with Crippen molar-refractivity contribution in [3.8, 4) is 5.75 Å². The number of aryl methyl sites for hydroxylation is 1. The number of amides is 1. The van der Waals surface area contributed by atoms with Gasteiger partial charge in [-0.05, 0) is 55.2 Å². The van der Waals surface area contributed by atoms with E-state index in [1.165, 1.54) is 5.56 Å². The Morgan fingerprint density at radius 2 is 1.76 bits per heavy atom. The highest BCUT2D eigenvalue weighted by molar-refractivity contribution is 7.99. The Bertz CT molecular complexity index is 1030. The van der Waals surface area contributed by atoms with Crippen LogP contribution in [0.25, 0.3) is 0 Å². The average Bonchev–Trinajstić information content (AvgIpc) is 2.85. The van der Waals surface area contributed by atoms with Gasteiger partial charge in [0.05, 0.1) is 12.1 Å². The van der Waals surface area contributed by atoms with Crippen molar-refractivity contribution in [2.75, 3.05) is 17.8 Å². The van der Waals surface area contributed by atoms with Crippen LogP contribution < -0.4 is 10.1 Å². The minimum Gasteiger partial charge on any atom is -0.480 e. The summed E-state index contributed by atoms with van der Waals surface area (Å²) in [6.07, 6.45) is 6.34. The van der Waals surface area contributed by atoms with Gasteiger partial charge in [-0.3, -0.25) is 4.79 Å². The van der Waals surface area contributed by atoms with Crippen LogP contribution in [0.2, 0.25) is 0 Å². The lowest BCUT2D eigenvalue weighted by molar-refractivity contribution is -0.115. The van der Waals surface area contributed by atoms with Gasteiger partial charge >= 0.3 is 0 Å². The highest BCUT2D eigenvalue weighted by Crippen LogP contribution is 2.33. The summed E-state index contributed by atoms with van der Waals surface area (Å²) in [5.41, 5.74) is 4.10. The third-order valence-electron chi connectivity index (χ3n) is 5.11. The van der Waals surface area contributed by atoms with E-state index in [2.05, 4.69) is 41.5 Å². The molecule has 0 aliphatic rings. The van der Waals surface area contributed by atoms with Gasteiger partial charge in [0.25, 0.3) is 0 Å². The lowest BCUT2D eigenvalue weighted by atomic mass is 10.1. The summed E-state index contributed by atoms with van der Waals surface area (Å²) in [4.78, 5) is 18.4. The molecule has 0 aliphatic heterocycles. The van der Waals surface area contributed by atoms with Crippen LogP contribution >= 0.6 is 35.3 Å². The van der Waals surface area contributed by atoms with Crippen LogP contribution in [-0.2, 0) is 17.0 Å². The zero-order valence-electron chi connectivity index (χ0n) is 20.2. The Labute approximate surface area is 216 Å². The zero-order valence-corrected chi connectivity index (χ0v) is 22.6. The topological polar surface area (TPSA) is 51.2 Å². The maximum Gasteiger partial charge on any atom is 0.228 e. The van der Waals surface area contributed by atoms with E-state index in [1.54, 1.807) is 23.5 Å². The second-order valence-corrected chi connectivity index (χ2v) is 10.6. The van der Waals surface area contributed by atoms with Crippen molar-refractivity contribution in [3.05, 3.63) is 77.5 Å². The number of nitrogens with zero attached hydrogens (tertiary/aromatic N) is 1. The van der Waals surface area contributed by atoms with E-state index < -0.39 is 0 Å². The van der Waals surface area contributed by atoms with E-state index in [9.17, 15) is 4.79 Å². The van der Waals surface area contributed by atoms with Crippen LogP contribution in [0, 0.1) is 6.92 Å². The average molecular weight is 513 g/mol. The molecule has 1 unspecified atom stereocenters. The van der Waals surface area contributed by atoms with Gasteiger partial charge in [0.1, 0.15) is 16.2 Å². The lowest BCUT2D eigenvalue weighted by Gasteiger charge is -2.18. The van der Waals surface area contributed by atoms with Crippen molar-refractivity contribution in [1.82, 2.24) is 4.98 Å². The molecule has 1 amide bonds. The number of aromatic nitrogens is 1. The van der Waals surface area contributed by atoms with Gasteiger partial charge in [0, 0.05) is 16.3 Å². The molecule has 1 heterocycles. The normalized spacial score (nSPS) is 11.8. The van der Waals surface area contributed by atoms with E-state index in [4.69, 9.17) is 4.74 Å². The highest BCUT2D eigenvalue weighted by Gasteiger charge is 2.15. The van der Waals surface area contributed by atoms with Crippen LogP contribution in [0.5, 0.6) is 5.75 Å².